The van der Waals surface area contributed by atoms with Gasteiger partial charge >= 0.3 is 11.2 Å². The van der Waals surface area contributed by atoms with Gasteiger partial charge in [-0.1, -0.05) is 30.2 Å². The number of hydrogen-bond donors (Lipinski definition) is 1. The fourth-order valence-electron chi connectivity index (χ4n) is 0.700. The summed E-state index contributed by atoms with van der Waals surface area (Å²) in [6.07, 6.45) is -3.28. The van der Waals surface area contributed by atoms with Gasteiger partial charge in [0.05, 0.1) is 4.92 Å². The van der Waals surface area contributed by atoms with Crippen LogP contribution in [0.15, 0.2) is 9.95 Å². The van der Waals surface area contributed by atoms with Crippen LogP contribution in [-0.4, -0.2) is 20.6 Å². The van der Waals surface area contributed by atoms with Gasteiger partial charge < -0.3 is 0 Å². The number of H-pyrrole nitrogens is 1. The van der Waals surface area contributed by atoms with Crippen molar-refractivity contribution >= 4 is 29.1 Å². The molecule has 0 amide bonds. The van der Waals surface area contributed by atoms with Crippen molar-refractivity contribution in [1.29, 1.82) is 0 Å². The van der Waals surface area contributed by atoms with Gasteiger partial charge in [0.2, 0.25) is 5.15 Å². The zero-order chi connectivity index (χ0) is 17.5. The van der Waals surface area contributed by atoms with Crippen molar-refractivity contribution in [3.8, 4) is 0 Å². The minimum atomic E-state index is -3.28. The summed E-state index contributed by atoms with van der Waals surface area (Å²) in [6.45, 7) is -3.28. The van der Waals surface area contributed by atoms with Crippen molar-refractivity contribution in [2.24, 2.45) is 0 Å². The molecule has 6 nitrogen and oxygen atoms in total. The molecule has 1 N–H and O–H groups in total. The third-order valence-electron chi connectivity index (χ3n) is 1.21. The number of thioether (sulfide) groups is 1. The molecule has 1 rings (SSSR count). The molecular formula is C7H8ClN3O3S. The number of hydrogen-bond acceptors (Lipinski definition) is 5. The summed E-state index contributed by atoms with van der Waals surface area (Å²) in [5.41, 5.74) is -5.34. The third kappa shape index (κ3) is 2.93. The van der Waals surface area contributed by atoms with Crippen LogP contribution >= 0.6 is 23.4 Å². The van der Waals surface area contributed by atoms with E-state index in [1.807, 2.05) is 4.98 Å². The summed E-state index contributed by atoms with van der Waals surface area (Å²) in [4.78, 5) is 26.2. The van der Waals surface area contributed by atoms with E-state index in [0.29, 0.717) is 0 Å². The van der Waals surface area contributed by atoms with E-state index in [-0.39, 0.29) is 11.8 Å². The number of halogens is 1. The van der Waals surface area contributed by atoms with Gasteiger partial charge in [0.15, 0.2) is 5.16 Å². The lowest BCUT2D eigenvalue weighted by Gasteiger charge is -1.99. The minimum Gasteiger partial charge on any atom is -0.295 e. The standard InChI is InChI=1S/C7H8ClN3O3S/c1-2-3-15-7-9-5(8)4(11(13)14)6(12)10-7/h2-3H2,1H3,(H,9,10,12)/i1D3,2D2,3D2. The van der Waals surface area contributed by atoms with Crippen LogP contribution in [-0.2, 0) is 0 Å². The van der Waals surface area contributed by atoms with Crippen LogP contribution in [0.5, 0.6) is 0 Å². The van der Waals surface area contributed by atoms with Crippen LogP contribution in [0.25, 0.3) is 0 Å². The van der Waals surface area contributed by atoms with E-state index < -0.39 is 45.4 Å². The molecule has 0 bridgehead atoms. The van der Waals surface area contributed by atoms with Crippen molar-refractivity contribution in [1.82, 2.24) is 9.97 Å². The maximum Gasteiger partial charge on any atom is 0.370 e. The van der Waals surface area contributed by atoms with E-state index >= 15 is 0 Å². The van der Waals surface area contributed by atoms with E-state index in [1.54, 1.807) is 0 Å². The molecule has 0 saturated carbocycles. The Hall–Kier alpha value is -1.08. The SMILES string of the molecule is [2H]C([2H])([2H])C([2H])([2H])C([2H])([2H])Sc1nc(Cl)c([N+](=O)[O-])c(=O)[nH]1. The molecule has 82 valence electrons. The predicted molar refractivity (Wildman–Crippen MR) is 57.5 cm³/mol. The van der Waals surface area contributed by atoms with Gasteiger partial charge in [-0.25, -0.2) is 4.98 Å². The third-order valence-corrected chi connectivity index (χ3v) is 2.07. The lowest BCUT2D eigenvalue weighted by atomic mass is 10.5. The Bertz CT molecular complexity index is 662. The monoisotopic (exact) mass is 256 g/mol. The lowest BCUT2D eigenvalue weighted by molar-refractivity contribution is -0.386. The van der Waals surface area contributed by atoms with Crippen LogP contribution in [0.4, 0.5) is 5.69 Å². The summed E-state index contributed by atoms with van der Waals surface area (Å²) in [7, 11) is 0. The second-order valence-corrected chi connectivity index (χ2v) is 3.25. The van der Waals surface area contributed by atoms with Gasteiger partial charge in [-0.15, -0.1) is 0 Å². The van der Waals surface area contributed by atoms with E-state index in [0.717, 1.165) is 0 Å². The highest BCUT2D eigenvalue weighted by atomic mass is 35.5. The molecule has 0 aliphatic carbocycles. The molecule has 0 atom stereocenters. The highest BCUT2D eigenvalue weighted by molar-refractivity contribution is 7.99. The number of nitro groups is 1. The topological polar surface area (TPSA) is 88.9 Å². The summed E-state index contributed by atoms with van der Waals surface area (Å²) in [5.74, 6) is 0. The summed E-state index contributed by atoms with van der Waals surface area (Å²) >= 11 is 5.40. The Morgan fingerprint density at radius 3 is 3.13 bits per heavy atom. The molecule has 8 heteroatoms. The van der Waals surface area contributed by atoms with E-state index in [9.17, 15) is 14.9 Å². The number of rotatable bonds is 4. The molecular weight excluding hydrogens is 242 g/mol. The highest BCUT2D eigenvalue weighted by Crippen LogP contribution is 2.20. The zero-order valence-electron chi connectivity index (χ0n) is 13.9. The molecule has 0 unspecified atom stereocenters. The molecule has 0 aliphatic rings. The van der Waals surface area contributed by atoms with Crippen molar-refractivity contribution in [3.63, 3.8) is 0 Å². The average molecular weight is 257 g/mol. The first kappa shape index (κ1) is 5.31. The van der Waals surface area contributed by atoms with Crippen LogP contribution in [0.3, 0.4) is 0 Å². The Morgan fingerprint density at radius 1 is 1.87 bits per heavy atom. The molecule has 1 heterocycles. The first-order valence-electron chi connectivity index (χ1n) is 6.84. The second kappa shape index (κ2) is 5.13. The minimum absolute atomic E-state index is 0.0469. The number of nitrogens with zero attached hydrogens (tertiary/aromatic N) is 2. The molecule has 0 radical (unpaired) electrons. The van der Waals surface area contributed by atoms with Crippen LogP contribution in [0, 0.1) is 10.1 Å². The van der Waals surface area contributed by atoms with Crippen molar-refractivity contribution < 1.29 is 14.5 Å². The van der Waals surface area contributed by atoms with Gasteiger partial charge in [-0.3, -0.25) is 19.9 Å². The fraction of sp³-hybridized carbons (Fsp3) is 0.429. The molecule has 15 heavy (non-hydrogen) atoms. The van der Waals surface area contributed by atoms with Gasteiger partial charge in [0.1, 0.15) is 0 Å². The Labute approximate surface area is 104 Å². The molecule has 0 aromatic carbocycles. The largest absolute Gasteiger partial charge is 0.370 e. The van der Waals surface area contributed by atoms with Gasteiger partial charge in [0.25, 0.3) is 0 Å². The van der Waals surface area contributed by atoms with Gasteiger partial charge in [-0.2, -0.15) is 0 Å². The van der Waals surface area contributed by atoms with Crippen LogP contribution in [0.2, 0.25) is 5.15 Å². The van der Waals surface area contributed by atoms with Crippen molar-refractivity contribution in [3.05, 3.63) is 25.6 Å². The van der Waals surface area contributed by atoms with Crippen molar-refractivity contribution in [2.45, 2.75) is 18.4 Å². The van der Waals surface area contributed by atoms with Crippen LogP contribution in [0.1, 0.15) is 22.8 Å². The Kier molecular flexibility index (Phi) is 1.82. The molecule has 0 saturated heterocycles. The predicted octanol–water partition coefficient (Wildman–Crippen LogP) is 1.83. The van der Waals surface area contributed by atoms with E-state index in [2.05, 4.69) is 4.98 Å². The van der Waals surface area contributed by atoms with E-state index in [1.165, 1.54) is 0 Å². The first-order chi connectivity index (χ1) is 9.70. The number of nitrogens with one attached hydrogen (secondary N) is 1. The maximum atomic E-state index is 11.5. The Morgan fingerprint density at radius 2 is 2.60 bits per heavy atom. The highest BCUT2D eigenvalue weighted by Gasteiger charge is 2.20. The molecule has 1 aromatic heterocycles. The smallest absolute Gasteiger partial charge is 0.295 e. The second-order valence-electron chi connectivity index (χ2n) is 2.10. The normalized spacial score (nSPS) is 19.9. The maximum absolute atomic E-state index is 11.5. The summed E-state index contributed by atoms with van der Waals surface area (Å²) < 4.78 is 51.0. The quantitative estimate of drug-likeness (QED) is 0.292. The molecule has 0 spiro atoms. The summed E-state index contributed by atoms with van der Waals surface area (Å²) in [5, 5.41) is 9.17. The molecule has 0 fully saturated rings. The van der Waals surface area contributed by atoms with Crippen molar-refractivity contribution in [2.75, 3.05) is 5.70 Å². The fourth-order valence-corrected chi connectivity index (χ4v) is 1.42. The summed E-state index contributed by atoms with van der Waals surface area (Å²) in [6, 6.07) is 0. The average Bonchev–Trinajstić information content (AvgIpc) is 2.24. The molecule has 0 aliphatic heterocycles. The van der Waals surface area contributed by atoms with Gasteiger partial charge in [-0.05, 0) is 6.37 Å². The van der Waals surface area contributed by atoms with Gasteiger partial charge in [0, 0.05) is 15.3 Å². The number of aromatic amines is 1. The van der Waals surface area contributed by atoms with Crippen LogP contribution < -0.4 is 5.56 Å². The molecule has 1 aromatic rings. The first-order valence-corrected chi connectivity index (χ1v) is 4.53. The Balaban J connectivity index is 3.26. The zero-order valence-corrected chi connectivity index (χ0v) is 8.48. The lowest BCUT2D eigenvalue weighted by Crippen LogP contribution is -2.14. The van der Waals surface area contributed by atoms with E-state index in [4.69, 9.17) is 21.2 Å². The number of aromatic nitrogens is 2.